The lowest BCUT2D eigenvalue weighted by molar-refractivity contribution is -0.115. The molecule has 1 aliphatic rings. The molecule has 0 aromatic heterocycles. The van der Waals surface area contributed by atoms with E-state index >= 15 is 0 Å². The number of thioether (sulfide) groups is 2. The molecular weight excluding hydrogens is 276 g/mol. The van der Waals surface area contributed by atoms with E-state index in [2.05, 4.69) is 10.6 Å². The van der Waals surface area contributed by atoms with Gasteiger partial charge < -0.3 is 10.6 Å². The zero-order chi connectivity index (χ0) is 13.5. The van der Waals surface area contributed by atoms with E-state index in [0.717, 1.165) is 12.2 Å². The Kier molecular flexibility index (Phi) is 6.07. The molecule has 1 unspecified atom stereocenters. The molecule has 1 atom stereocenters. The Morgan fingerprint density at radius 2 is 2.11 bits per heavy atom. The van der Waals surface area contributed by atoms with Crippen LogP contribution in [0, 0.1) is 6.92 Å². The van der Waals surface area contributed by atoms with Crippen molar-refractivity contribution in [3.63, 3.8) is 0 Å². The van der Waals surface area contributed by atoms with E-state index in [1.807, 2.05) is 54.7 Å². The van der Waals surface area contributed by atoms with Gasteiger partial charge in [-0.2, -0.15) is 23.5 Å². The molecule has 1 saturated heterocycles. The molecule has 104 valence electrons. The summed E-state index contributed by atoms with van der Waals surface area (Å²) in [5.74, 6) is 3.70. The second-order valence-corrected chi connectivity index (χ2v) is 7.17. The lowest BCUT2D eigenvalue weighted by atomic mass is 10.2. The Hall–Kier alpha value is -0.650. The van der Waals surface area contributed by atoms with Gasteiger partial charge in [0.15, 0.2) is 0 Å². The van der Waals surface area contributed by atoms with Gasteiger partial charge in [0, 0.05) is 34.7 Å². The molecule has 1 heterocycles. The van der Waals surface area contributed by atoms with Crippen LogP contribution in [0.15, 0.2) is 24.3 Å². The summed E-state index contributed by atoms with van der Waals surface area (Å²) >= 11 is 4.01. The predicted molar refractivity (Wildman–Crippen MR) is 86.2 cm³/mol. The zero-order valence-corrected chi connectivity index (χ0v) is 12.8. The summed E-state index contributed by atoms with van der Waals surface area (Å²) in [4.78, 5) is 11.8. The highest BCUT2D eigenvalue weighted by molar-refractivity contribution is 8.06. The van der Waals surface area contributed by atoms with Gasteiger partial charge in [-0.05, 0) is 19.1 Å². The van der Waals surface area contributed by atoms with E-state index in [0.29, 0.717) is 11.8 Å². The van der Waals surface area contributed by atoms with Crippen molar-refractivity contribution in [2.45, 2.75) is 12.2 Å². The second kappa shape index (κ2) is 7.82. The molecule has 1 aromatic carbocycles. The van der Waals surface area contributed by atoms with E-state index in [4.69, 9.17) is 0 Å². The number of carbonyl (C=O) groups excluding carboxylic acids is 1. The normalized spacial score (nSPS) is 19.1. The Morgan fingerprint density at radius 3 is 2.79 bits per heavy atom. The number of rotatable bonds is 5. The molecule has 0 spiro atoms. The quantitative estimate of drug-likeness (QED) is 0.875. The highest BCUT2D eigenvalue weighted by Crippen LogP contribution is 2.23. The average Bonchev–Trinajstić information content (AvgIpc) is 2.43. The standard InChI is InChI=1S/C14H20N2OS2/c1-11-2-4-12(5-3-11)16-14(17)9-15-8-13-10-18-6-7-19-13/h2-5,13,15H,6-10H2,1H3,(H,16,17). The summed E-state index contributed by atoms with van der Waals surface area (Å²) in [5, 5.41) is 6.78. The van der Waals surface area contributed by atoms with Crippen molar-refractivity contribution in [2.75, 3.05) is 35.7 Å². The van der Waals surface area contributed by atoms with Crippen LogP contribution >= 0.6 is 23.5 Å². The molecule has 5 heteroatoms. The molecule has 0 radical (unpaired) electrons. The SMILES string of the molecule is Cc1ccc(NC(=O)CNCC2CSCCS2)cc1. The lowest BCUT2D eigenvalue weighted by Gasteiger charge is -2.21. The Morgan fingerprint density at radius 1 is 1.32 bits per heavy atom. The van der Waals surface area contributed by atoms with Crippen molar-refractivity contribution in [2.24, 2.45) is 0 Å². The molecule has 3 nitrogen and oxygen atoms in total. The number of hydrogen-bond donors (Lipinski definition) is 2. The first kappa shape index (κ1) is 14.8. The van der Waals surface area contributed by atoms with Crippen LogP contribution in [0.5, 0.6) is 0 Å². The van der Waals surface area contributed by atoms with E-state index in [1.165, 1.54) is 22.8 Å². The van der Waals surface area contributed by atoms with Gasteiger partial charge in [-0.25, -0.2) is 0 Å². The van der Waals surface area contributed by atoms with Crippen molar-refractivity contribution >= 4 is 35.1 Å². The Labute approximate surface area is 123 Å². The van der Waals surface area contributed by atoms with Crippen LogP contribution in [0.25, 0.3) is 0 Å². The van der Waals surface area contributed by atoms with Crippen molar-refractivity contribution in [1.29, 1.82) is 0 Å². The number of carbonyl (C=O) groups is 1. The van der Waals surface area contributed by atoms with Gasteiger partial charge in [-0.15, -0.1) is 0 Å². The van der Waals surface area contributed by atoms with E-state index in [9.17, 15) is 4.79 Å². The first-order chi connectivity index (χ1) is 9.24. The molecule has 0 aliphatic carbocycles. The minimum absolute atomic E-state index is 0.0253. The van der Waals surface area contributed by atoms with Crippen molar-refractivity contribution in [3.05, 3.63) is 29.8 Å². The number of hydrogen-bond acceptors (Lipinski definition) is 4. The molecule has 1 aliphatic heterocycles. The predicted octanol–water partition coefficient (Wildman–Crippen LogP) is 2.37. The number of anilines is 1. The molecule has 0 bridgehead atoms. The van der Waals surface area contributed by atoms with Gasteiger partial charge in [-0.3, -0.25) is 4.79 Å². The number of nitrogens with one attached hydrogen (secondary N) is 2. The van der Waals surface area contributed by atoms with Crippen LogP contribution < -0.4 is 10.6 Å². The van der Waals surface area contributed by atoms with Crippen LogP contribution in [0.1, 0.15) is 5.56 Å². The highest BCUT2D eigenvalue weighted by Gasteiger charge is 2.14. The lowest BCUT2D eigenvalue weighted by Crippen LogP contribution is -2.34. The molecule has 1 fully saturated rings. The van der Waals surface area contributed by atoms with Crippen molar-refractivity contribution in [1.82, 2.24) is 5.32 Å². The highest BCUT2D eigenvalue weighted by atomic mass is 32.2. The fraction of sp³-hybridized carbons (Fsp3) is 0.500. The van der Waals surface area contributed by atoms with Crippen molar-refractivity contribution in [3.8, 4) is 0 Å². The Bertz CT molecular complexity index is 402. The monoisotopic (exact) mass is 296 g/mol. The van der Waals surface area contributed by atoms with Gasteiger partial charge in [-0.1, -0.05) is 17.7 Å². The fourth-order valence-electron chi connectivity index (χ4n) is 1.84. The summed E-state index contributed by atoms with van der Waals surface area (Å²) in [7, 11) is 0. The topological polar surface area (TPSA) is 41.1 Å². The molecule has 1 aromatic rings. The molecule has 1 amide bonds. The maximum absolute atomic E-state index is 11.8. The third kappa shape index (κ3) is 5.47. The van der Waals surface area contributed by atoms with Gasteiger partial charge in [0.05, 0.1) is 6.54 Å². The van der Waals surface area contributed by atoms with Crippen LogP contribution in [-0.2, 0) is 4.79 Å². The molecule has 0 saturated carbocycles. The first-order valence-electron chi connectivity index (χ1n) is 6.50. The second-order valence-electron chi connectivity index (χ2n) is 4.61. The Balaban J connectivity index is 1.65. The maximum atomic E-state index is 11.8. The summed E-state index contributed by atoms with van der Waals surface area (Å²) in [6.07, 6.45) is 0. The van der Waals surface area contributed by atoms with Gasteiger partial charge in [0.25, 0.3) is 0 Å². The third-order valence-corrected chi connectivity index (χ3v) is 5.72. The van der Waals surface area contributed by atoms with Gasteiger partial charge >= 0.3 is 0 Å². The smallest absolute Gasteiger partial charge is 0.238 e. The fourth-order valence-corrected chi connectivity index (χ4v) is 4.49. The van der Waals surface area contributed by atoms with Gasteiger partial charge in [0.1, 0.15) is 0 Å². The van der Waals surface area contributed by atoms with Crippen molar-refractivity contribution < 1.29 is 4.79 Å². The molecular formula is C14H20N2OS2. The minimum atomic E-state index is 0.0253. The molecule has 2 N–H and O–H groups in total. The number of amides is 1. The number of aryl methyl sites for hydroxylation is 1. The van der Waals surface area contributed by atoms with Crippen LogP contribution in [0.2, 0.25) is 0 Å². The van der Waals surface area contributed by atoms with E-state index < -0.39 is 0 Å². The summed E-state index contributed by atoms with van der Waals surface area (Å²) in [5.41, 5.74) is 2.06. The summed E-state index contributed by atoms with van der Waals surface area (Å²) < 4.78 is 0. The van der Waals surface area contributed by atoms with Gasteiger partial charge in [0.2, 0.25) is 5.91 Å². The van der Waals surface area contributed by atoms with Crippen LogP contribution in [0.3, 0.4) is 0 Å². The molecule has 2 rings (SSSR count). The first-order valence-corrected chi connectivity index (χ1v) is 8.71. The van der Waals surface area contributed by atoms with Crippen LogP contribution in [0.4, 0.5) is 5.69 Å². The molecule has 19 heavy (non-hydrogen) atoms. The van der Waals surface area contributed by atoms with E-state index in [1.54, 1.807) is 0 Å². The third-order valence-electron chi connectivity index (χ3n) is 2.88. The maximum Gasteiger partial charge on any atom is 0.238 e. The number of benzene rings is 1. The van der Waals surface area contributed by atoms with E-state index in [-0.39, 0.29) is 5.91 Å². The minimum Gasteiger partial charge on any atom is -0.325 e. The van der Waals surface area contributed by atoms with Crippen LogP contribution in [-0.4, -0.2) is 41.5 Å². The zero-order valence-electron chi connectivity index (χ0n) is 11.1. The summed E-state index contributed by atoms with van der Waals surface area (Å²) in [6, 6.07) is 7.86. The average molecular weight is 296 g/mol. The largest absolute Gasteiger partial charge is 0.325 e. The summed E-state index contributed by atoms with van der Waals surface area (Å²) in [6.45, 7) is 3.33.